The molecule has 0 aliphatic carbocycles. The van der Waals surface area contributed by atoms with Crippen LogP contribution in [0.4, 0.5) is 5.13 Å². The van der Waals surface area contributed by atoms with Crippen LogP contribution in [0.25, 0.3) is 11.3 Å². The summed E-state index contributed by atoms with van der Waals surface area (Å²) in [6.07, 6.45) is 2.47. The second-order valence-corrected chi connectivity index (χ2v) is 7.28. The summed E-state index contributed by atoms with van der Waals surface area (Å²) in [6.45, 7) is 6.36. The SMILES string of the molecule is CCCCC(=O)Nc1nc(-c2ccccc2)c(CN2CCOCC2)s1. The maximum Gasteiger partial charge on any atom is 0.226 e. The van der Waals surface area contributed by atoms with Crippen LogP contribution in [0.3, 0.4) is 0 Å². The molecule has 0 saturated carbocycles. The first-order valence-corrected chi connectivity index (χ1v) is 9.73. The van der Waals surface area contributed by atoms with Gasteiger partial charge in [-0.15, -0.1) is 0 Å². The first-order valence-electron chi connectivity index (χ1n) is 8.91. The van der Waals surface area contributed by atoms with Gasteiger partial charge in [-0.05, 0) is 6.42 Å². The number of unbranched alkanes of at least 4 members (excludes halogenated alkanes) is 1. The number of nitrogens with one attached hydrogen (secondary N) is 1. The minimum absolute atomic E-state index is 0.0492. The molecule has 0 bridgehead atoms. The number of carbonyl (C=O) groups is 1. The number of rotatable bonds is 7. The molecule has 0 atom stereocenters. The standard InChI is InChI=1S/C19H25N3O2S/c1-2-3-9-17(23)20-19-21-18(15-7-5-4-6-8-15)16(25-19)14-22-10-12-24-13-11-22/h4-8H,2-3,9-14H2,1H3,(H,20,21,23). The Labute approximate surface area is 153 Å². The molecule has 1 fully saturated rings. The van der Waals surface area contributed by atoms with Crippen LogP contribution < -0.4 is 5.32 Å². The highest BCUT2D eigenvalue weighted by Crippen LogP contribution is 2.32. The van der Waals surface area contributed by atoms with Crippen LogP contribution in [0.15, 0.2) is 30.3 Å². The number of carbonyl (C=O) groups excluding carboxylic acids is 1. The molecule has 1 N–H and O–H groups in total. The Kier molecular flexibility index (Phi) is 6.55. The van der Waals surface area contributed by atoms with Crippen LogP contribution in [0.5, 0.6) is 0 Å². The summed E-state index contributed by atoms with van der Waals surface area (Å²) in [4.78, 5) is 20.3. The molecule has 2 heterocycles. The lowest BCUT2D eigenvalue weighted by Gasteiger charge is -2.26. The molecular weight excluding hydrogens is 334 g/mol. The molecule has 1 aliphatic heterocycles. The molecule has 1 aromatic heterocycles. The summed E-state index contributed by atoms with van der Waals surface area (Å²) in [5.41, 5.74) is 2.07. The largest absolute Gasteiger partial charge is 0.379 e. The van der Waals surface area contributed by atoms with Crippen molar-refractivity contribution in [3.63, 3.8) is 0 Å². The smallest absolute Gasteiger partial charge is 0.226 e. The summed E-state index contributed by atoms with van der Waals surface area (Å²) in [6, 6.07) is 10.2. The molecule has 6 heteroatoms. The summed E-state index contributed by atoms with van der Waals surface area (Å²) in [5, 5.41) is 3.67. The van der Waals surface area contributed by atoms with Crippen molar-refractivity contribution >= 4 is 22.4 Å². The Balaban J connectivity index is 1.79. The molecule has 2 aromatic rings. The molecule has 0 radical (unpaired) electrons. The van der Waals surface area contributed by atoms with E-state index in [0.29, 0.717) is 11.6 Å². The Morgan fingerprint density at radius 3 is 2.76 bits per heavy atom. The van der Waals surface area contributed by atoms with Gasteiger partial charge in [0, 0.05) is 36.5 Å². The Bertz CT molecular complexity index is 681. The average molecular weight is 359 g/mol. The van der Waals surface area contributed by atoms with Gasteiger partial charge in [-0.1, -0.05) is 55.0 Å². The summed E-state index contributed by atoms with van der Waals surface area (Å²) < 4.78 is 5.44. The van der Waals surface area contributed by atoms with Crippen molar-refractivity contribution in [3.8, 4) is 11.3 Å². The third-order valence-electron chi connectivity index (χ3n) is 4.22. The number of nitrogens with zero attached hydrogens (tertiary/aromatic N) is 2. The number of hydrogen-bond donors (Lipinski definition) is 1. The molecule has 1 amide bonds. The molecule has 1 aromatic carbocycles. The van der Waals surface area contributed by atoms with E-state index in [1.54, 1.807) is 11.3 Å². The molecular formula is C19H25N3O2S. The second kappa shape index (κ2) is 9.08. The summed E-state index contributed by atoms with van der Waals surface area (Å²) in [5.74, 6) is 0.0492. The molecule has 0 unspecified atom stereocenters. The van der Waals surface area contributed by atoms with Crippen molar-refractivity contribution in [3.05, 3.63) is 35.2 Å². The molecule has 5 nitrogen and oxygen atoms in total. The van der Waals surface area contributed by atoms with Gasteiger partial charge in [-0.2, -0.15) is 0 Å². The van der Waals surface area contributed by atoms with Crippen LogP contribution >= 0.6 is 11.3 Å². The van der Waals surface area contributed by atoms with Crippen molar-refractivity contribution in [2.75, 3.05) is 31.6 Å². The van der Waals surface area contributed by atoms with Gasteiger partial charge in [0.05, 0.1) is 18.9 Å². The van der Waals surface area contributed by atoms with E-state index in [4.69, 9.17) is 9.72 Å². The van der Waals surface area contributed by atoms with E-state index in [1.807, 2.05) is 18.2 Å². The van der Waals surface area contributed by atoms with Gasteiger partial charge < -0.3 is 10.1 Å². The fourth-order valence-corrected chi connectivity index (χ4v) is 3.86. The monoisotopic (exact) mass is 359 g/mol. The number of aromatic nitrogens is 1. The lowest BCUT2D eigenvalue weighted by Crippen LogP contribution is -2.35. The second-order valence-electron chi connectivity index (χ2n) is 6.20. The van der Waals surface area contributed by atoms with Gasteiger partial charge in [0.15, 0.2) is 5.13 Å². The van der Waals surface area contributed by atoms with Crippen molar-refractivity contribution in [2.24, 2.45) is 0 Å². The van der Waals surface area contributed by atoms with E-state index < -0.39 is 0 Å². The van der Waals surface area contributed by atoms with Gasteiger partial charge in [0.25, 0.3) is 0 Å². The van der Waals surface area contributed by atoms with E-state index in [2.05, 4.69) is 29.3 Å². The Morgan fingerprint density at radius 1 is 1.28 bits per heavy atom. The molecule has 25 heavy (non-hydrogen) atoms. The van der Waals surface area contributed by atoms with Gasteiger partial charge in [0.2, 0.25) is 5.91 Å². The fraction of sp³-hybridized carbons (Fsp3) is 0.474. The molecule has 3 rings (SSSR count). The quantitative estimate of drug-likeness (QED) is 0.818. The Hall–Kier alpha value is -1.76. The number of thiazole rings is 1. The van der Waals surface area contributed by atoms with E-state index in [0.717, 1.165) is 56.9 Å². The molecule has 0 spiro atoms. The minimum atomic E-state index is 0.0492. The lowest BCUT2D eigenvalue weighted by atomic mass is 10.1. The number of ether oxygens (including phenoxy) is 1. The zero-order chi connectivity index (χ0) is 17.5. The summed E-state index contributed by atoms with van der Waals surface area (Å²) >= 11 is 1.58. The number of hydrogen-bond acceptors (Lipinski definition) is 5. The Morgan fingerprint density at radius 2 is 2.04 bits per heavy atom. The van der Waals surface area contributed by atoms with Gasteiger partial charge in [-0.25, -0.2) is 4.98 Å². The van der Waals surface area contributed by atoms with Crippen LogP contribution in [0.2, 0.25) is 0 Å². The topological polar surface area (TPSA) is 54.5 Å². The number of amides is 1. The van der Waals surface area contributed by atoms with Crippen LogP contribution in [0, 0.1) is 0 Å². The predicted octanol–water partition coefficient (Wildman–Crippen LogP) is 3.77. The van der Waals surface area contributed by atoms with E-state index in [1.165, 1.54) is 4.88 Å². The molecule has 1 aliphatic rings. The maximum absolute atomic E-state index is 12.0. The van der Waals surface area contributed by atoms with E-state index in [9.17, 15) is 4.79 Å². The normalized spacial score (nSPS) is 15.2. The highest BCUT2D eigenvalue weighted by Gasteiger charge is 2.18. The van der Waals surface area contributed by atoms with Crippen molar-refractivity contribution < 1.29 is 9.53 Å². The predicted molar refractivity (Wildman–Crippen MR) is 102 cm³/mol. The molecule has 134 valence electrons. The van der Waals surface area contributed by atoms with E-state index >= 15 is 0 Å². The average Bonchev–Trinajstić information content (AvgIpc) is 3.03. The first kappa shape index (κ1) is 18.0. The van der Waals surface area contributed by atoms with Crippen molar-refractivity contribution in [2.45, 2.75) is 32.7 Å². The van der Waals surface area contributed by atoms with Gasteiger partial charge in [-0.3, -0.25) is 9.69 Å². The van der Waals surface area contributed by atoms with Crippen LogP contribution in [-0.2, 0) is 16.1 Å². The van der Waals surface area contributed by atoms with Crippen molar-refractivity contribution in [1.29, 1.82) is 0 Å². The van der Waals surface area contributed by atoms with Gasteiger partial charge in [0.1, 0.15) is 0 Å². The minimum Gasteiger partial charge on any atom is -0.379 e. The third kappa shape index (κ3) is 5.11. The highest BCUT2D eigenvalue weighted by molar-refractivity contribution is 7.16. The zero-order valence-electron chi connectivity index (χ0n) is 14.7. The zero-order valence-corrected chi connectivity index (χ0v) is 15.5. The summed E-state index contributed by atoms with van der Waals surface area (Å²) in [7, 11) is 0. The number of morpholine rings is 1. The van der Waals surface area contributed by atoms with E-state index in [-0.39, 0.29) is 5.91 Å². The van der Waals surface area contributed by atoms with Gasteiger partial charge >= 0.3 is 0 Å². The van der Waals surface area contributed by atoms with Crippen LogP contribution in [-0.4, -0.2) is 42.1 Å². The fourth-order valence-electron chi connectivity index (χ4n) is 2.82. The molecule has 1 saturated heterocycles. The highest BCUT2D eigenvalue weighted by atomic mass is 32.1. The lowest BCUT2D eigenvalue weighted by molar-refractivity contribution is -0.116. The number of benzene rings is 1. The van der Waals surface area contributed by atoms with Crippen molar-refractivity contribution in [1.82, 2.24) is 9.88 Å². The number of anilines is 1. The maximum atomic E-state index is 12.0. The van der Waals surface area contributed by atoms with Crippen LogP contribution in [0.1, 0.15) is 31.1 Å². The first-order chi connectivity index (χ1) is 12.3. The third-order valence-corrected chi connectivity index (χ3v) is 5.17.